The first-order valence-corrected chi connectivity index (χ1v) is 8.96. The number of nitrogens with zero attached hydrogens (tertiary/aromatic N) is 2. The van der Waals surface area contributed by atoms with Crippen LogP contribution in [0.5, 0.6) is 5.75 Å². The summed E-state index contributed by atoms with van der Waals surface area (Å²) in [7, 11) is 1.58. The van der Waals surface area contributed by atoms with Gasteiger partial charge in [0.2, 0.25) is 0 Å². The van der Waals surface area contributed by atoms with Crippen LogP contribution in [0.4, 0.5) is 0 Å². The third-order valence-electron chi connectivity index (χ3n) is 3.80. The Bertz CT molecular complexity index is 948. The minimum absolute atomic E-state index is 0.0199. The van der Waals surface area contributed by atoms with Crippen molar-refractivity contribution < 1.29 is 9.53 Å². The lowest BCUT2D eigenvalue weighted by Crippen LogP contribution is -2.03. The third kappa shape index (κ3) is 4.11. The Morgan fingerprint density at radius 1 is 1.08 bits per heavy atom. The average molecular weight is 360 g/mol. The SMILES string of the molecule is COc1ccc(C(=O)CSc2nc(-c3ccccc3)ccc2C#N)cc1. The van der Waals surface area contributed by atoms with E-state index in [1.165, 1.54) is 11.8 Å². The second-order valence-corrected chi connectivity index (χ2v) is 6.43. The van der Waals surface area contributed by atoms with Crippen molar-refractivity contribution in [2.24, 2.45) is 0 Å². The quantitative estimate of drug-likeness (QED) is 0.475. The molecule has 3 aromatic rings. The molecule has 0 spiro atoms. The summed E-state index contributed by atoms with van der Waals surface area (Å²) in [5, 5.41) is 9.88. The summed E-state index contributed by atoms with van der Waals surface area (Å²) in [5.74, 6) is 0.901. The van der Waals surface area contributed by atoms with E-state index in [1.54, 1.807) is 37.4 Å². The number of Topliss-reactive ketones (excluding diaryl/α,β-unsaturated/α-hetero) is 1. The van der Waals surface area contributed by atoms with Crippen molar-refractivity contribution in [3.8, 4) is 23.1 Å². The number of rotatable bonds is 6. The number of thioether (sulfide) groups is 1. The predicted molar refractivity (Wildman–Crippen MR) is 102 cm³/mol. The molecule has 0 saturated carbocycles. The fourth-order valence-electron chi connectivity index (χ4n) is 2.40. The Kier molecular flexibility index (Phi) is 5.67. The van der Waals surface area contributed by atoms with Gasteiger partial charge in [0.1, 0.15) is 16.8 Å². The Morgan fingerprint density at radius 3 is 2.46 bits per heavy atom. The molecular formula is C21H16N2O2S. The number of ether oxygens (including phenoxy) is 1. The first-order valence-electron chi connectivity index (χ1n) is 7.98. The van der Waals surface area contributed by atoms with E-state index in [0.29, 0.717) is 21.9 Å². The van der Waals surface area contributed by atoms with E-state index in [-0.39, 0.29) is 11.5 Å². The molecule has 4 nitrogen and oxygen atoms in total. The highest BCUT2D eigenvalue weighted by Gasteiger charge is 2.12. The summed E-state index contributed by atoms with van der Waals surface area (Å²) in [6, 6.07) is 22.4. The fraction of sp³-hybridized carbons (Fsp3) is 0.0952. The molecule has 0 amide bonds. The van der Waals surface area contributed by atoms with Crippen LogP contribution in [0.1, 0.15) is 15.9 Å². The van der Waals surface area contributed by atoms with Gasteiger partial charge in [0.25, 0.3) is 0 Å². The molecule has 0 radical (unpaired) electrons. The van der Waals surface area contributed by atoms with Gasteiger partial charge in [-0.3, -0.25) is 4.79 Å². The fourth-order valence-corrected chi connectivity index (χ4v) is 3.27. The first kappa shape index (κ1) is 17.7. The van der Waals surface area contributed by atoms with E-state index in [9.17, 15) is 10.1 Å². The number of carbonyl (C=O) groups is 1. The van der Waals surface area contributed by atoms with Crippen molar-refractivity contribution in [1.29, 1.82) is 5.26 Å². The predicted octanol–water partition coefficient (Wildman–Crippen LogP) is 4.60. The zero-order chi connectivity index (χ0) is 18.4. The van der Waals surface area contributed by atoms with Crippen LogP contribution < -0.4 is 4.74 Å². The van der Waals surface area contributed by atoms with E-state index in [4.69, 9.17) is 4.74 Å². The molecule has 3 rings (SSSR count). The third-order valence-corrected chi connectivity index (χ3v) is 4.79. The maximum atomic E-state index is 12.4. The molecule has 0 aliphatic rings. The van der Waals surface area contributed by atoms with Crippen molar-refractivity contribution in [3.05, 3.63) is 77.9 Å². The molecule has 5 heteroatoms. The number of nitriles is 1. The van der Waals surface area contributed by atoms with Crippen molar-refractivity contribution in [1.82, 2.24) is 4.98 Å². The van der Waals surface area contributed by atoms with E-state index in [2.05, 4.69) is 11.1 Å². The minimum Gasteiger partial charge on any atom is -0.497 e. The lowest BCUT2D eigenvalue weighted by atomic mass is 10.1. The highest BCUT2D eigenvalue weighted by molar-refractivity contribution is 8.00. The minimum atomic E-state index is -0.0199. The van der Waals surface area contributed by atoms with Crippen molar-refractivity contribution in [3.63, 3.8) is 0 Å². The summed E-state index contributed by atoms with van der Waals surface area (Å²) >= 11 is 1.28. The van der Waals surface area contributed by atoms with E-state index in [1.807, 2.05) is 36.4 Å². The maximum absolute atomic E-state index is 12.4. The topological polar surface area (TPSA) is 63.0 Å². The lowest BCUT2D eigenvalue weighted by Gasteiger charge is -2.07. The molecule has 0 saturated heterocycles. The summed E-state index contributed by atoms with van der Waals surface area (Å²) in [5.41, 5.74) is 2.83. The van der Waals surface area contributed by atoms with Gasteiger partial charge in [-0.15, -0.1) is 0 Å². The second-order valence-electron chi connectivity index (χ2n) is 5.47. The highest BCUT2D eigenvalue weighted by Crippen LogP contribution is 2.26. The standard InChI is InChI=1S/C21H16N2O2S/c1-25-18-10-7-16(8-11-18)20(24)14-26-21-17(13-22)9-12-19(23-21)15-5-3-2-4-6-15/h2-12H,14H2,1H3. The largest absolute Gasteiger partial charge is 0.497 e. The number of pyridine rings is 1. The van der Waals surface area contributed by atoms with Crippen LogP contribution in [-0.2, 0) is 0 Å². The number of methoxy groups -OCH3 is 1. The Balaban J connectivity index is 1.78. The lowest BCUT2D eigenvalue weighted by molar-refractivity contribution is 0.102. The van der Waals surface area contributed by atoms with E-state index >= 15 is 0 Å². The summed E-state index contributed by atoms with van der Waals surface area (Å²) < 4.78 is 5.10. The zero-order valence-electron chi connectivity index (χ0n) is 14.2. The molecule has 128 valence electrons. The van der Waals surface area contributed by atoms with Crippen LogP contribution in [-0.4, -0.2) is 23.6 Å². The van der Waals surface area contributed by atoms with Gasteiger partial charge in [0, 0.05) is 11.1 Å². The van der Waals surface area contributed by atoms with Crippen molar-refractivity contribution >= 4 is 17.5 Å². The van der Waals surface area contributed by atoms with Gasteiger partial charge in [-0.2, -0.15) is 5.26 Å². The van der Waals surface area contributed by atoms with Gasteiger partial charge < -0.3 is 4.74 Å². The molecule has 1 heterocycles. The molecule has 0 aliphatic heterocycles. The molecule has 0 atom stereocenters. The normalized spacial score (nSPS) is 10.2. The van der Waals surface area contributed by atoms with Crippen LogP contribution in [0.3, 0.4) is 0 Å². The summed E-state index contributed by atoms with van der Waals surface area (Å²) in [6.07, 6.45) is 0. The van der Waals surface area contributed by atoms with Crippen LogP contribution in [0, 0.1) is 11.3 Å². The molecule has 1 aromatic heterocycles. The maximum Gasteiger partial charge on any atom is 0.173 e. The van der Waals surface area contributed by atoms with Gasteiger partial charge in [-0.1, -0.05) is 42.1 Å². The molecule has 0 fully saturated rings. The Hall–Kier alpha value is -3.10. The highest BCUT2D eigenvalue weighted by atomic mass is 32.2. The number of ketones is 1. The van der Waals surface area contributed by atoms with Crippen LogP contribution in [0.15, 0.2) is 71.8 Å². The van der Waals surface area contributed by atoms with E-state index in [0.717, 1.165) is 11.3 Å². The van der Waals surface area contributed by atoms with Gasteiger partial charge >= 0.3 is 0 Å². The number of aromatic nitrogens is 1. The first-order chi connectivity index (χ1) is 12.7. The van der Waals surface area contributed by atoms with Crippen molar-refractivity contribution in [2.45, 2.75) is 5.03 Å². The Morgan fingerprint density at radius 2 is 1.81 bits per heavy atom. The monoisotopic (exact) mass is 360 g/mol. The summed E-state index contributed by atoms with van der Waals surface area (Å²) in [4.78, 5) is 17.0. The Labute approximate surface area is 156 Å². The van der Waals surface area contributed by atoms with Gasteiger partial charge in [-0.05, 0) is 36.4 Å². The van der Waals surface area contributed by atoms with Gasteiger partial charge in [-0.25, -0.2) is 4.98 Å². The van der Waals surface area contributed by atoms with Crippen molar-refractivity contribution in [2.75, 3.05) is 12.9 Å². The number of carbonyl (C=O) groups excluding carboxylic acids is 1. The number of benzene rings is 2. The van der Waals surface area contributed by atoms with Crippen LogP contribution in [0.2, 0.25) is 0 Å². The second kappa shape index (κ2) is 8.32. The molecule has 0 bridgehead atoms. The average Bonchev–Trinajstić information content (AvgIpc) is 2.72. The van der Waals surface area contributed by atoms with E-state index < -0.39 is 0 Å². The number of hydrogen-bond donors (Lipinski definition) is 0. The molecular weight excluding hydrogens is 344 g/mol. The van der Waals surface area contributed by atoms with Crippen LogP contribution in [0.25, 0.3) is 11.3 Å². The van der Waals surface area contributed by atoms with Gasteiger partial charge in [0.15, 0.2) is 5.78 Å². The molecule has 2 aromatic carbocycles. The van der Waals surface area contributed by atoms with Gasteiger partial charge in [0.05, 0.1) is 24.1 Å². The summed E-state index contributed by atoms with van der Waals surface area (Å²) in [6.45, 7) is 0. The smallest absolute Gasteiger partial charge is 0.173 e. The molecule has 0 aliphatic carbocycles. The number of hydrogen-bond acceptors (Lipinski definition) is 5. The zero-order valence-corrected chi connectivity index (χ0v) is 15.0. The molecule has 26 heavy (non-hydrogen) atoms. The molecule has 0 unspecified atom stereocenters. The van der Waals surface area contributed by atoms with Crippen LogP contribution >= 0.6 is 11.8 Å². The molecule has 0 N–H and O–H groups in total.